The Kier molecular flexibility index (Phi) is 2.60. The van der Waals surface area contributed by atoms with Crippen LogP contribution in [0.3, 0.4) is 0 Å². The molecule has 15 heavy (non-hydrogen) atoms. The summed E-state index contributed by atoms with van der Waals surface area (Å²) in [5.41, 5.74) is 0.920. The Bertz CT molecular complexity index is 445. The lowest BCUT2D eigenvalue weighted by atomic mass is 10.3. The van der Waals surface area contributed by atoms with Crippen molar-refractivity contribution in [3.8, 4) is 11.4 Å². The second-order valence-corrected chi connectivity index (χ2v) is 3.39. The van der Waals surface area contributed by atoms with Crippen LogP contribution in [-0.4, -0.2) is 21.9 Å². The Balaban J connectivity index is 2.45. The number of benzene rings is 1. The molecule has 78 valence electrons. The van der Waals surface area contributed by atoms with Crippen molar-refractivity contribution in [2.24, 2.45) is 0 Å². The van der Waals surface area contributed by atoms with Gasteiger partial charge in [0.2, 0.25) is 5.28 Å². The highest BCUT2D eigenvalue weighted by molar-refractivity contribution is 6.28. The van der Waals surface area contributed by atoms with Crippen molar-refractivity contribution in [3.63, 3.8) is 0 Å². The van der Waals surface area contributed by atoms with Gasteiger partial charge in [-0.05, 0) is 42.8 Å². The van der Waals surface area contributed by atoms with Gasteiger partial charge >= 0.3 is 0 Å². The van der Waals surface area contributed by atoms with Crippen LogP contribution in [0.25, 0.3) is 5.69 Å². The van der Waals surface area contributed by atoms with Crippen LogP contribution in [0.15, 0.2) is 24.3 Å². The number of hydrogen-bond acceptors (Lipinski definition) is 3. The summed E-state index contributed by atoms with van der Waals surface area (Å²) in [7, 11) is 1.63. The second kappa shape index (κ2) is 3.90. The molecule has 0 saturated heterocycles. The normalized spacial score (nSPS) is 10.3. The van der Waals surface area contributed by atoms with Crippen molar-refractivity contribution in [1.82, 2.24) is 14.8 Å². The highest BCUT2D eigenvalue weighted by Gasteiger charge is 2.07. The Morgan fingerprint density at radius 2 is 1.87 bits per heavy atom. The smallest absolute Gasteiger partial charge is 0.229 e. The van der Waals surface area contributed by atoms with E-state index in [1.165, 1.54) is 0 Å². The van der Waals surface area contributed by atoms with E-state index >= 15 is 0 Å². The molecule has 0 aliphatic heterocycles. The van der Waals surface area contributed by atoms with Crippen molar-refractivity contribution in [2.45, 2.75) is 6.92 Å². The van der Waals surface area contributed by atoms with Crippen molar-refractivity contribution < 1.29 is 4.74 Å². The zero-order chi connectivity index (χ0) is 10.8. The third-order valence-electron chi connectivity index (χ3n) is 2.12. The summed E-state index contributed by atoms with van der Waals surface area (Å²) in [4.78, 5) is 0. The number of aryl methyl sites for hydroxylation is 1. The van der Waals surface area contributed by atoms with Crippen LogP contribution >= 0.6 is 11.6 Å². The molecule has 0 amide bonds. The molecule has 0 atom stereocenters. The summed E-state index contributed by atoms with van der Waals surface area (Å²) in [6.45, 7) is 1.85. The number of rotatable bonds is 2. The quantitative estimate of drug-likeness (QED) is 0.784. The van der Waals surface area contributed by atoms with E-state index in [0.717, 1.165) is 17.3 Å². The molecule has 0 N–H and O–H groups in total. The van der Waals surface area contributed by atoms with E-state index < -0.39 is 0 Å². The third-order valence-corrected chi connectivity index (χ3v) is 2.36. The Morgan fingerprint density at radius 1 is 1.20 bits per heavy atom. The van der Waals surface area contributed by atoms with E-state index in [2.05, 4.69) is 10.2 Å². The van der Waals surface area contributed by atoms with Crippen molar-refractivity contribution in [1.29, 1.82) is 0 Å². The van der Waals surface area contributed by atoms with Gasteiger partial charge in [-0.1, -0.05) is 0 Å². The summed E-state index contributed by atoms with van der Waals surface area (Å²) in [6.07, 6.45) is 0. The number of methoxy groups -OCH3 is 1. The van der Waals surface area contributed by atoms with E-state index in [0.29, 0.717) is 5.28 Å². The lowest BCUT2D eigenvalue weighted by Gasteiger charge is -2.06. The predicted molar refractivity (Wildman–Crippen MR) is 57.7 cm³/mol. The van der Waals surface area contributed by atoms with Crippen LogP contribution in [0.5, 0.6) is 5.75 Å². The van der Waals surface area contributed by atoms with E-state index in [9.17, 15) is 0 Å². The number of hydrogen-bond donors (Lipinski definition) is 0. The second-order valence-electron chi connectivity index (χ2n) is 3.05. The maximum absolute atomic E-state index is 5.91. The molecule has 2 aromatic rings. The zero-order valence-corrected chi connectivity index (χ0v) is 9.19. The van der Waals surface area contributed by atoms with Gasteiger partial charge in [-0.2, -0.15) is 0 Å². The average molecular weight is 224 g/mol. The molecule has 1 aromatic heterocycles. The number of ether oxygens (including phenoxy) is 1. The van der Waals surface area contributed by atoms with E-state index in [1.807, 2.05) is 31.2 Å². The first kappa shape index (κ1) is 9.98. The topological polar surface area (TPSA) is 39.9 Å². The van der Waals surface area contributed by atoms with Gasteiger partial charge in [-0.3, -0.25) is 4.57 Å². The van der Waals surface area contributed by atoms with Crippen LogP contribution in [0.4, 0.5) is 0 Å². The summed E-state index contributed by atoms with van der Waals surface area (Å²) in [5.74, 6) is 1.56. The Morgan fingerprint density at radius 3 is 2.33 bits per heavy atom. The fourth-order valence-corrected chi connectivity index (χ4v) is 1.62. The number of nitrogens with zero attached hydrogens (tertiary/aromatic N) is 3. The van der Waals surface area contributed by atoms with Crippen LogP contribution in [0.1, 0.15) is 5.82 Å². The van der Waals surface area contributed by atoms with Gasteiger partial charge in [0.1, 0.15) is 11.6 Å². The van der Waals surface area contributed by atoms with Crippen LogP contribution < -0.4 is 4.74 Å². The molecule has 1 heterocycles. The monoisotopic (exact) mass is 223 g/mol. The van der Waals surface area contributed by atoms with Crippen LogP contribution in [-0.2, 0) is 0 Å². The molecular formula is C10H10ClN3O. The van der Waals surface area contributed by atoms with Crippen molar-refractivity contribution >= 4 is 11.6 Å². The molecule has 5 heteroatoms. The van der Waals surface area contributed by atoms with Crippen molar-refractivity contribution in [3.05, 3.63) is 35.4 Å². The van der Waals surface area contributed by atoms with E-state index in [4.69, 9.17) is 16.3 Å². The maximum atomic E-state index is 5.91. The SMILES string of the molecule is COc1ccc(-n2c(C)nnc2Cl)cc1. The van der Waals surface area contributed by atoms with E-state index in [-0.39, 0.29) is 0 Å². The van der Waals surface area contributed by atoms with E-state index in [1.54, 1.807) is 11.7 Å². The van der Waals surface area contributed by atoms with Crippen LogP contribution in [0.2, 0.25) is 5.28 Å². The first-order valence-corrected chi connectivity index (χ1v) is 4.82. The molecule has 0 unspecified atom stereocenters. The molecule has 0 radical (unpaired) electrons. The minimum Gasteiger partial charge on any atom is -0.497 e. The lowest BCUT2D eigenvalue weighted by Crippen LogP contribution is -1.97. The van der Waals surface area contributed by atoms with Crippen LogP contribution in [0, 0.1) is 6.92 Å². The molecule has 0 fully saturated rings. The third kappa shape index (κ3) is 1.80. The number of halogens is 1. The molecule has 0 spiro atoms. The largest absolute Gasteiger partial charge is 0.497 e. The molecule has 2 rings (SSSR count). The predicted octanol–water partition coefficient (Wildman–Crippen LogP) is 2.24. The minimum atomic E-state index is 0.359. The molecule has 0 bridgehead atoms. The van der Waals surface area contributed by atoms with Gasteiger partial charge in [0.05, 0.1) is 12.8 Å². The standard InChI is InChI=1S/C10H10ClN3O/c1-7-12-13-10(11)14(7)8-3-5-9(15-2)6-4-8/h3-6H,1-2H3. The van der Waals surface area contributed by atoms with Gasteiger partial charge in [0.15, 0.2) is 0 Å². The first-order valence-electron chi connectivity index (χ1n) is 4.44. The highest BCUT2D eigenvalue weighted by Crippen LogP contribution is 2.19. The molecule has 1 aromatic carbocycles. The summed E-state index contributed by atoms with van der Waals surface area (Å²) < 4.78 is 6.84. The fraction of sp³-hybridized carbons (Fsp3) is 0.200. The molecule has 0 aliphatic rings. The molecule has 0 aliphatic carbocycles. The van der Waals surface area contributed by atoms with Gasteiger partial charge in [-0.15, -0.1) is 10.2 Å². The maximum Gasteiger partial charge on any atom is 0.229 e. The van der Waals surface area contributed by atoms with Gasteiger partial charge < -0.3 is 4.74 Å². The lowest BCUT2D eigenvalue weighted by molar-refractivity contribution is 0.414. The van der Waals surface area contributed by atoms with Gasteiger partial charge in [-0.25, -0.2) is 0 Å². The first-order chi connectivity index (χ1) is 7.22. The Hall–Kier alpha value is -1.55. The summed E-state index contributed by atoms with van der Waals surface area (Å²) in [6, 6.07) is 7.54. The summed E-state index contributed by atoms with van der Waals surface area (Å²) >= 11 is 5.91. The average Bonchev–Trinajstić information content (AvgIpc) is 2.59. The fourth-order valence-electron chi connectivity index (χ4n) is 1.36. The molecule has 4 nitrogen and oxygen atoms in total. The van der Waals surface area contributed by atoms with Gasteiger partial charge in [0.25, 0.3) is 0 Å². The van der Waals surface area contributed by atoms with Gasteiger partial charge in [0, 0.05) is 0 Å². The zero-order valence-electron chi connectivity index (χ0n) is 8.44. The summed E-state index contributed by atoms with van der Waals surface area (Å²) in [5, 5.41) is 8.03. The highest BCUT2D eigenvalue weighted by atomic mass is 35.5. The number of aromatic nitrogens is 3. The molecule has 0 saturated carbocycles. The molecular weight excluding hydrogens is 214 g/mol. The Labute approximate surface area is 92.5 Å². The minimum absolute atomic E-state index is 0.359. The van der Waals surface area contributed by atoms with Crippen molar-refractivity contribution in [2.75, 3.05) is 7.11 Å².